The highest BCUT2D eigenvalue weighted by Crippen LogP contribution is 2.42. The maximum Gasteiger partial charge on any atom is 0.136 e. The third-order valence-electron chi connectivity index (χ3n) is 3.90. The molecule has 1 aromatic carbocycles. The molecule has 98 valence electrons. The summed E-state index contributed by atoms with van der Waals surface area (Å²) in [6.07, 6.45) is 3.18. The lowest BCUT2D eigenvalue weighted by molar-refractivity contribution is 0.0189. The maximum absolute atomic E-state index is 6.23. The molecule has 1 aromatic rings. The van der Waals surface area contributed by atoms with Crippen LogP contribution in [0.25, 0.3) is 0 Å². The standard InChI is InChI=1S/C15H21NO2/c1-2-8-16-13-10-15(7-9-17-11-15)18-14-6-4-3-5-12(13)14/h3-6,13,16H,2,7-11H2,1H3. The molecular formula is C15H21NO2. The van der Waals surface area contributed by atoms with Crippen LogP contribution < -0.4 is 10.1 Å². The summed E-state index contributed by atoms with van der Waals surface area (Å²) in [4.78, 5) is 0. The van der Waals surface area contributed by atoms with Gasteiger partial charge in [0.25, 0.3) is 0 Å². The fourth-order valence-corrected chi connectivity index (χ4v) is 2.95. The summed E-state index contributed by atoms with van der Waals surface area (Å²) in [5, 5.41) is 3.64. The van der Waals surface area contributed by atoms with Gasteiger partial charge >= 0.3 is 0 Å². The molecule has 2 unspecified atom stereocenters. The van der Waals surface area contributed by atoms with Crippen LogP contribution in [0.15, 0.2) is 24.3 Å². The molecule has 0 aromatic heterocycles. The van der Waals surface area contributed by atoms with Crippen molar-refractivity contribution in [2.45, 2.75) is 37.8 Å². The average Bonchev–Trinajstić information content (AvgIpc) is 2.84. The van der Waals surface area contributed by atoms with Gasteiger partial charge in [0.15, 0.2) is 0 Å². The van der Waals surface area contributed by atoms with E-state index in [2.05, 4.69) is 30.4 Å². The second-order valence-corrected chi connectivity index (χ2v) is 5.34. The Kier molecular flexibility index (Phi) is 3.27. The van der Waals surface area contributed by atoms with Gasteiger partial charge in [-0.2, -0.15) is 0 Å². The first-order valence-electron chi connectivity index (χ1n) is 6.92. The van der Waals surface area contributed by atoms with Crippen molar-refractivity contribution < 1.29 is 9.47 Å². The third kappa shape index (κ3) is 2.13. The van der Waals surface area contributed by atoms with Crippen LogP contribution in [0.1, 0.15) is 37.8 Å². The number of hydrogen-bond acceptors (Lipinski definition) is 3. The highest BCUT2D eigenvalue weighted by atomic mass is 16.6. The summed E-state index contributed by atoms with van der Waals surface area (Å²) in [7, 11) is 0. The minimum atomic E-state index is -0.0975. The zero-order valence-electron chi connectivity index (χ0n) is 10.9. The minimum Gasteiger partial charge on any atom is -0.484 e. The van der Waals surface area contributed by atoms with Gasteiger partial charge in [0.2, 0.25) is 0 Å². The summed E-state index contributed by atoms with van der Waals surface area (Å²) in [6.45, 7) is 4.80. The Morgan fingerprint density at radius 1 is 1.39 bits per heavy atom. The molecule has 2 atom stereocenters. The van der Waals surface area contributed by atoms with Gasteiger partial charge in [0.1, 0.15) is 11.4 Å². The van der Waals surface area contributed by atoms with Crippen LogP contribution in [0.5, 0.6) is 5.75 Å². The van der Waals surface area contributed by atoms with E-state index in [9.17, 15) is 0 Å². The van der Waals surface area contributed by atoms with Crippen LogP contribution >= 0.6 is 0 Å². The summed E-state index contributed by atoms with van der Waals surface area (Å²) in [6, 6.07) is 8.79. The molecule has 1 saturated heterocycles. The summed E-state index contributed by atoms with van der Waals surface area (Å²) in [5.41, 5.74) is 1.20. The van der Waals surface area contributed by atoms with Crippen molar-refractivity contribution in [1.29, 1.82) is 0 Å². The Hall–Kier alpha value is -1.06. The summed E-state index contributed by atoms with van der Waals surface area (Å²) >= 11 is 0. The zero-order valence-corrected chi connectivity index (χ0v) is 10.9. The quantitative estimate of drug-likeness (QED) is 0.890. The van der Waals surface area contributed by atoms with E-state index >= 15 is 0 Å². The van der Waals surface area contributed by atoms with E-state index in [0.29, 0.717) is 6.04 Å². The highest BCUT2D eigenvalue weighted by molar-refractivity contribution is 5.39. The van der Waals surface area contributed by atoms with Gasteiger partial charge in [0.05, 0.1) is 13.2 Å². The molecule has 0 radical (unpaired) electrons. The van der Waals surface area contributed by atoms with Crippen molar-refractivity contribution >= 4 is 0 Å². The molecule has 3 rings (SSSR count). The van der Waals surface area contributed by atoms with Crippen LogP contribution in [-0.2, 0) is 4.74 Å². The molecule has 0 bridgehead atoms. The molecule has 3 nitrogen and oxygen atoms in total. The van der Waals surface area contributed by atoms with Gasteiger partial charge in [-0.1, -0.05) is 25.1 Å². The molecule has 18 heavy (non-hydrogen) atoms. The lowest BCUT2D eigenvalue weighted by atomic mass is 9.86. The molecule has 1 spiro atoms. The van der Waals surface area contributed by atoms with E-state index in [1.807, 2.05) is 6.07 Å². The first kappa shape index (κ1) is 12.0. The molecule has 0 amide bonds. The van der Waals surface area contributed by atoms with Crippen LogP contribution in [0.4, 0.5) is 0 Å². The van der Waals surface area contributed by atoms with E-state index in [1.165, 1.54) is 5.56 Å². The Labute approximate surface area is 108 Å². The SMILES string of the molecule is CCCNC1CC2(CCOC2)Oc2ccccc21. The molecule has 0 aliphatic carbocycles. The number of fused-ring (bicyclic) bond motifs is 1. The monoisotopic (exact) mass is 247 g/mol. The van der Waals surface area contributed by atoms with Crippen LogP contribution in [0.3, 0.4) is 0 Å². The van der Waals surface area contributed by atoms with Crippen LogP contribution in [-0.4, -0.2) is 25.4 Å². The Bertz CT molecular complexity index is 413. The van der Waals surface area contributed by atoms with Crippen molar-refractivity contribution in [1.82, 2.24) is 5.32 Å². The second kappa shape index (κ2) is 4.90. The molecule has 0 saturated carbocycles. The summed E-state index contributed by atoms with van der Waals surface area (Å²) < 4.78 is 11.8. The van der Waals surface area contributed by atoms with Gasteiger partial charge < -0.3 is 14.8 Å². The maximum atomic E-state index is 6.23. The van der Waals surface area contributed by atoms with Gasteiger partial charge in [0, 0.05) is 24.4 Å². The third-order valence-corrected chi connectivity index (χ3v) is 3.90. The number of benzene rings is 1. The minimum absolute atomic E-state index is 0.0975. The summed E-state index contributed by atoms with van der Waals surface area (Å²) in [5.74, 6) is 1.03. The lowest BCUT2D eigenvalue weighted by Crippen LogP contribution is -2.44. The lowest BCUT2D eigenvalue weighted by Gasteiger charge is -2.39. The molecule has 3 heteroatoms. The second-order valence-electron chi connectivity index (χ2n) is 5.34. The highest BCUT2D eigenvalue weighted by Gasteiger charge is 2.43. The first-order chi connectivity index (χ1) is 8.83. The van der Waals surface area contributed by atoms with E-state index in [-0.39, 0.29) is 5.60 Å². The smallest absolute Gasteiger partial charge is 0.136 e. The fourth-order valence-electron chi connectivity index (χ4n) is 2.95. The first-order valence-corrected chi connectivity index (χ1v) is 6.92. The molecule has 2 aliphatic heterocycles. The van der Waals surface area contributed by atoms with Crippen molar-refractivity contribution in [3.8, 4) is 5.75 Å². The molecule has 2 heterocycles. The average molecular weight is 247 g/mol. The van der Waals surface area contributed by atoms with E-state index in [1.54, 1.807) is 0 Å². The molecule has 1 fully saturated rings. The predicted octanol–water partition coefficient (Wildman–Crippen LogP) is 2.67. The number of ether oxygens (including phenoxy) is 2. The molecule has 1 N–H and O–H groups in total. The Balaban J connectivity index is 1.88. The molecular weight excluding hydrogens is 226 g/mol. The number of para-hydroxylation sites is 1. The predicted molar refractivity (Wildman–Crippen MR) is 70.9 cm³/mol. The number of hydrogen-bond donors (Lipinski definition) is 1. The van der Waals surface area contributed by atoms with Crippen molar-refractivity contribution in [2.24, 2.45) is 0 Å². The van der Waals surface area contributed by atoms with E-state index in [4.69, 9.17) is 9.47 Å². The van der Waals surface area contributed by atoms with E-state index < -0.39 is 0 Å². The van der Waals surface area contributed by atoms with Gasteiger partial charge in [-0.05, 0) is 19.0 Å². The van der Waals surface area contributed by atoms with Gasteiger partial charge in [-0.25, -0.2) is 0 Å². The van der Waals surface area contributed by atoms with Crippen molar-refractivity contribution in [2.75, 3.05) is 19.8 Å². The van der Waals surface area contributed by atoms with Crippen molar-refractivity contribution in [3.05, 3.63) is 29.8 Å². The normalized spacial score (nSPS) is 30.2. The van der Waals surface area contributed by atoms with Gasteiger partial charge in [-0.3, -0.25) is 0 Å². The van der Waals surface area contributed by atoms with Crippen molar-refractivity contribution in [3.63, 3.8) is 0 Å². The Morgan fingerprint density at radius 3 is 3.06 bits per heavy atom. The number of rotatable bonds is 3. The number of nitrogens with one attached hydrogen (secondary N) is 1. The van der Waals surface area contributed by atoms with E-state index in [0.717, 1.165) is 44.8 Å². The largest absolute Gasteiger partial charge is 0.484 e. The van der Waals surface area contributed by atoms with Crippen LogP contribution in [0, 0.1) is 0 Å². The van der Waals surface area contributed by atoms with Gasteiger partial charge in [-0.15, -0.1) is 0 Å². The Morgan fingerprint density at radius 2 is 2.28 bits per heavy atom. The zero-order chi connectivity index (χ0) is 12.4. The fraction of sp³-hybridized carbons (Fsp3) is 0.600. The topological polar surface area (TPSA) is 30.5 Å². The van der Waals surface area contributed by atoms with Crippen LogP contribution in [0.2, 0.25) is 0 Å². The molecule has 2 aliphatic rings.